The monoisotopic (exact) mass is 1220 g/mol. The van der Waals surface area contributed by atoms with Crippen LogP contribution in [-0.2, 0) is 27.1 Å². The summed E-state index contributed by atoms with van der Waals surface area (Å²) in [5, 5.41) is 5.09. The van der Waals surface area contributed by atoms with Gasteiger partial charge in [0.1, 0.15) is 0 Å². The summed E-state index contributed by atoms with van der Waals surface area (Å²) in [6.07, 6.45) is 9.22. The molecule has 0 atom stereocenters. The van der Waals surface area contributed by atoms with Crippen molar-refractivity contribution in [3.8, 4) is 67.0 Å². The first-order valence-electron chi connectivity index (χ1n) is 34.1. The average molecular weight is 1230 g/mol. The maximum absolute atomic E-state index is 2.46. The predicted octanol–water partition coefficient (Wildman–Crippen LogP) is 25.1. The highest BCUT2D eigenvalue weighted by Crippen LogP contribution is 2.54. The van der Waals surface area contributed by atoms with Crippen LogP contribution < -0.4 is 0 Å². The van der Waals surface area contributed by atoms with Crippen molar-refractivity contribution in [1.82, 2.24) is 9.13 Å². The normalized spacial score (nSPS) is 14.9. The summed E-state index contributed by atoms with van der Waals surface area (Å²) in [4.78, 5) is 0. The Morgan fingerprint density at radius 3 is 0.832 bits per heavy atom. The Morgan fingerprint density at radius 1 is 0.253 bits per heavy atom. The lowest BCUT2D eigenvalue weighted by molar-refractivity contribution is 0.590. The number of rotatable bonds is 8. The van der Waals surface area contributed by atoms with Gasteiger partial charge in [0.15, 0.2) is 0 Å². The molecule has 462 valence electrons. The summed E-state index contributed by atoms with van der Waals surface area (Å²) in [5.41, 5.74) is 35.8. The Bertz CT molecular complexity index is 5260. The molecule has 14 aromatic rings. The van der Waals surface area contributed by atoms with E-state index < -0.39 is 0 Å². The van der Waals surface area contributed by atoms with E-state index in [1.807, 2.05) is 0 Å². The molecule has 2 heteroatoms. The van der Waals surface area contributed by atoms with Crippen molar-refractivity contribution >= 4 is 67.9 Å². The molecule has 0 N–H and O–H groups in total. The van der Waals surface area contributed by atoms with E-state index in [2.05, 4.69) is 359 Å². The number of fused-ring (bicyclic) bond motifs is 15. The molecule has 0 saturated carbocycles. The third-order valence-corrected chi connectivity index (χ3v) is 22.1. The summed E-state index contributed by atoms with van der Waals surface area (Å²) in [7, 11) is 0. The first-order valence-corrected chi connectivity index (χ1v) is 34.1. The Kier molecular flexibility index (Phi) is 12.9. The molecule has 0 unspecified atom stereocenters. The average Bonchev–Trinajstić information content (AvgIpc) is 1.60. The van der Waals surface area contributed by atoms with Crippen LogP contribution in [0.15, 0.2) is 243 Å². The quantitative estimate of drug-likeness (QED) is 0.134. The van der Waals surface area contributed by atoms with Crippen molar-refractivity contribution in [3.05, 3.63) is 309 Å². The molecule has 2 nitrogen and oxygen atoms in total. The van der Waals surface area contributed by atoms with Crippen LogP contribution in [0, 0.1) is 0 Å². The van der Waals surface area contributed by atoms with Gasteiger partial charge in [-0.25, -0.2) is 0 Å². The van der Waals surface area contributed by atoms with Crippen LogP contribution in [0.5, 0.6) is 0 Å². The number of aromatic nitrogens is 2. The second-order valence-electron chi connectivity index (χ2n) is 31.0. The number of hydrogen-bond acceptors (Lipinski definition) is 0. The lowest BCUT2D eigenvalue weighted by Gasteiger charge is -2.22. The number of hydrogen-bond donors (Lipinski definition) is 0. The maximum atomic E-state index is 2.46. The van der Waals surface area contributed by atoms with E-state index in [0.717, 1.165) is 0 Å². The molecule has 0 saturated heterocycles. The molecular formula is C93H80N2. The Hall–Kier alpha value is -10.3. The van der Waals surface area contributed by atoms with Gasteiger partial charge in [-0.2, -0.15) is 0 Å². The molecule has 0 bridgehead atoms. The minimum absolute atomic E-state index is 0.101. The zero-order valence-corrected chi connectivity index (χ0v) is 56.8. The van der Waals surface area contributed by atoms with Crippen LogP contribution in [0.25, 0.3) is 135 Å². The predicted molar refractivity (Wildman–Crippen MR) is 407 cm³/mol. The van der Waals surface area contributed by atoms with Crippen molar-refractivity contribution in [3.63, 3.8) is 0 Å². The molecule has 95 heavy (non-hydrogen) atoms. The van der Waals surface area contributed by atoms with Gasteiger partial charge in [0, 0.05) is 49.2 Å². The van der Waals surface area contributed by atoms with Gasteiger partial charge < -0.3 is 9.13 Å². The molecule has 2 heterocycles. The van der Waals surface area contributed by atoms with Crippen LogP contribution in [0.2, 0.25) is 0 Å². The van der Waals surface area contributed by atoms with E-state index in [1.54, 1.807) is 0 Å². The van der Waals surface area contributed by atoms with Crippen LogP contribution in [0.4, 0.5) is 0 Å². The molecular weight excluding hydrogens is 1150 g/mol. The van der Waals surface area contributed by atoms with Gasteiger partial charge in [-0.1, -0.05) is 277 Å². The molecule has 0 spiro atoms. The highest BCUT2D eigenvalue weighted by Gasteiger charge is 2.39. The van der Waals surface area contributed by atoms with Crippen LogP contribution in [0.1, 0.15) is 150 Å². The fraction of sp³-hybridized carbons (Fsp3) is 0.183. The molecule has 0 aliphatic heterocycles. The van der Waals surface area contributed by atoms with Crippen molar-refractivity contribution in [1.29, 1.82) is 0 Å². The first kappa shape index (κ1) is 58.5. The van der Waals surface area contributed by atoms with Gasteiger partial charge in [-0.05, 0) is 206 Å². The van der Waals surface area contributed by atoms with Crippen LogP contribution >= 0.6 is 0 Å². The molecule has 0 fully saturated rings. The largest absolute Gasteiger partial charge is 0.309 e. The summed E-state index contributed by atoms with van der Waals surface area (Å²) in [6, 6.07) is 92.6. The summed E-state index contributed by atoms with van der Waals surface area (Å²) in [5.74, 6) is 0. The molecule has 2 aromatic heterocycles. The van der Waals surface area contributed by atoms with Gasteiger partial charge in [0.05, 0.1) is 22.1 Å². The first-order chi connectivity index (χ1) is 45.6. The fourth-order valence-electron chi connectivity index (χ4n) is 16.5. The lowest BCUT2D eigenvalue weighted by Crippen LogP contribution is -2.15. The third kappa shape index (κ3) is 9.26. The minimum atomic E-state index is -0.165. The molecule has 3 aliphatic rings. The fourth-order valence-corrected chi connectivity index (χ4v) is 16.5. The maximum Gasteiger partial charge on any atom is 0.0541 e. The van der Waals surface area contributed by atoms with E-state index in [1.165, 1.54) is 177 Å². The highest BCUT2D eigenvalue weighted by atomic mass is 15.0. The van der Waals surface area contributed by atoms with E-state index in [4.69, 9.17) is 0 Å². The molecule has 3 aliphatic carbocycles. The SMILES string of the molecule is CC(C)(C)c1ccc(-n2c3ccccc3c3cc(-c4ccc5c(c4)C(C)(C)c4cc(C=Cc6ccc7c(c6)C(C)(C)c6cc(C=Cc8ccc9c(c8)C(C)(C)c8cc(-c%10ccc%11c(c%10)c%10ccccc%10n%11-c%10ccc(C(C)(C)C)cc%10)ccc8-9)ccc6-7)ccc4-5)ccc32)cc1. The van der Waals surface area contributed by atoms with Gasteiger partial charge in [-0.3, -0.25) is 0 Å². The lowest BCUT2D eigenvalue weighted by atomic mass is 9.81. The van der Waals surface area contributed by atoms with Crippen LogP contribution in [0.3, 0.4) is 0 Å². The van der Waals surface area contributed by atoms with Gasteiger partial charge in [-0.15, -0.1) is 0 Å². The van der Waals surface area contributed by atoms with E-state index in [9.17, 15) is 0 Å². The number of nitrogens with zero attached hydrogens (tertiary/aromatic N) is 2. The van der Waals surface area contributed by atoms with Gasteiger partial charge in [0.2, 0.25) is 0 Å². The smallest absolute Gasteiger partial charge is 0.0541 e. The number of para-hydroxylation sites is 2. The standard InChI is InChI=1S/C93H80N2/c1-89(2,3)65-33-37-67(38-34-65)94-85-19-15-13-17-75(85)77-53-61(31-47-87(77)94)63-29-45-73-71-43-27-59(51-81(71)92(9,10)83(73)55-63)23-21-57-25-41-69-70-42-26-58(50-80(70)91(7,8)79(69)49-57)22-24-60-28-44-72-74-46-30-64(56-84(74)93(11,12)82(72)52-60)62-32-48-88-78(54-62)76-18-14-16-20-86(76)95(88)68-39-35-66(36-40-68)90(4,5)6/h13-56H,1-12H3. The molecule has 17 rings (SSSR count). The highest BCUT2D eigenvalue weighted by molar-refractivity contribution is 6.12. The Morgan fingerprint density at radius 2 is 0.516 bits per heavy atom. The van der Waals surface area contributed by atoms with E-state index >= 15 is 0 Å². The van der Waals surface area contributed by atoms with Crippen molar-refractivity contribution in [2.45, 2.75) is 110 Å². The summed E-state index contributed by atoms with van der Waals surface area (Å²) in [6.45, 7) is 28.0. The second kappa shape index (κ2) is 20.9. The number of benzene rings is 12. The zero-order valence-electron chi connectivity index (χ0n) is 56.8. The van der Waals surface area contributed by atoms with Crippen LogP contribution in [-0.4, -0.2) is 9.13 Å². The van der Waals surface area contributed by atoms with Crippen molar-refractivity contribution in [2.24, 2.45) is 0 Å². The third-order valence-electron chi connectivity index (χ3n) is 22.1. The van der Waals surface area contributed by atoms with Crippen molar-refractivity contribution in [2.75, 3.05) is 0 Å². The van der Waals surface area contributed by atoms with Crippen molar-refractivity contribution < 1.29 is 0 Å². The second-order valence-corrected chi connectivity index (χ2v) is 31.0. The molecule has 12 aromatic carbocycles. The summed E-state index contributed by atoms with van der Waals surface area (Å²) < 4.78 is 4.85. The zero-order chi connectivity index (χ0) is 65.2. The summed E-state index contributed by atoms with van der Waals surface area (Å²) >= 11 is 0. The van der Waals surface area contributed by atoms with E-state index in [0.29, 0.717) is 0 Å². The molecule has 0 amide bonds. The molecule has 0 radical (unpaired) electrons. The Balaban J connectivity index is 0.593. The van der Waals surface area contributed by atoms with E-state index in [-0.39, 0.29) is 27.1 Å². The van der Waals surface area contributed by atoms with Gasteiger partial charge in [0.25, 0.3) is 0 Å². The Labute approximate surface area is 560 Å². The van der Waals surface area contributed by atoms with Gasteiger partial charge >= 0.3 is 0 Å². The minimum Gasteiger partial charge on any atom is -0.309 e. The topological polar surface area (TPSA) is 9.86 Å².